The van der Waals surface area contributed by atoms with Crippen LogP contribution in [0, 0.1) is 0 Å². The molecule has 4 heterocycles. The summed E-state index contributed by atoms with van der Waals surface area (Å²) in [5, 5.41) is 20.8. The number of fused-ring (bicyclic) bond motifs is 2. The predicted molar refractivity (Wildman–Crippen MR) is 107 cm³/mol. The standard InChI is InChI=1S/2C8H8N4O4.Ca/c2*1-11-6-5(9-3-10-6)7(15)12(8(11)16)2-4(13)14;/h2*3H,2H2,1H3,(H,9,10)(H,13,14);/q;;+2/p-2. The zero-order valence-electron chi connectivity index (χ0n) is 17.2. The fourth-order valence-electron chi connectivity index (χ4n) is 2.92. The van der Waals surface area contributed by atoms with E-state index in [1.165, 1.54) is 26.7 Å². The zero-order chi connectivity index (χ0) is 23.7. The van der Waals surface area contributed by atoms with E-state index in [-0.39, 0.29) is 60.1 Å². The van der Waals surface area contributed by atoms with Crippen molar-refractivity contribution in [2.24, 2.45) is 14.1 Å². The Bertz CT molecular complexity index is 1480. The summed E-state index contributed by atoms with van der Waals surface area (Å²) in [6, 6.07) is 0. The maximum atomic E-state index is 11.7. The maximum Gasteiger partial charge on any atom is 2.00 e. The first-order valence-electron chi connectivity index (χ1n) is 8.70. The van der Waals surface area contributed by atoms with Crippen molar-refractivity contribution in [3.8, 4) is 0 Å². The summed E-state index contributed by atoms with van der Waals surface area (Å²) in [6.07, 6.45) is 2.52. The van der Waals surface area contributed by atoms with Gasteiger partial charge in [-0.25, -0.2) is 19.6 Å². The van der Waals surface area contributed by atoms with Crippen LogP contribution in [0.2, 0.25) is 0 Å². The summed E-state index contributed by atoms with van der Waals surface area (Å²) in [5.74, 6) is -3.00. The van der Waals surface area contributed by atoms with Crippen LogP contribution in [0.5, 0.6) is 0 Å². The number of aryl methyl sites for hydroxylation is 2. The van der Waals surface area contributed by atoms with Crippen LogP contribution >= 0.6 is 0 Å². The Hall–Kier alpha value is -3.50. The first-order chi connectivity index (χ1) is 15.0. The molecule has 0 saturated heterocycles. The molecule has 0 aliphatic rings. The Labute approximate surface area is 210 Å². The van der Waals surface area contributed by atoms with E-state index in [9.17, 15) is 39.0 Å². The summed E-state index contributed by atoms with van der Waals surface area (Å²) < 4.78 is 3.35. The van der Waals surface area contributed by atoms with Gasteiger partial charge in [0.1, 0.15) is 11.0 Å². The molecule has 0 atom stereocenters. The fourth-order valence-corrected chi connectivity index (χ4v) is 2.92. The summed E-state index contributed by atoms with van der Waals surface area (Å²) >= 11 is 0. The van der Waals surface area contributed by atoms with Gasteiger partial charge in [0.25, 0.3) is 11.1 Å². The predicted octanol–water partition coefficient (Wildman–Crippen LogP) is -6.03. The molecule has 0 saturated carbocycles. The topological polar surface area (TPSA) is 226 Å². The van der Waals surface area contributed by atoms with Crippen LogP contribution in [0.25, 0.3) is 22.3 Å². The Morgan fingerprint density at radius 2 is 1.12 bits per heavy atom. The van der Waals surface area contributed by atoms with E-state index in [1.807, 2.05) is 0 Å². The van der Waals surface area contributed by atoms with Gasteiger partial charge in [0, 0.05) is 14.1 Å². The third-order valence-corrected chi connectivity index (χ3v) is 4.40. The number of carbonyl (C=O) groups is 2. The van der Waals surface area contributed by atoms with Gasteiger partial charge < -0.3 is 29.8 Å². The Morgan fingerprint density at radius 1 is 0.788 bits per heavy atom. The third-order valence-electron chi connectivity index (χ3n) is 4.40. The number of aromatic nitrogens is 8. The average Bonchev–Trinajstić information content (AvgIpc) is 3.41. The number of nitrogens with zero attached hydrogens (tertiary/aromatic N) is 6. The molecule has 4 aromatic rings. The third kappa shape index (κ3) is 4.81. The van der Waals surface area contributed by atoms with E-state index in [0.29, 0.717) is 9.13 Å². The van der Waals surface area contributed by atoms with Crippen LogP contribution in [0.3, 0.4) is 0 Å². The van der Waals surface area contributed by atoms with Crippen molar-refractivity contribution in [2.45, 2.75) is 13.1 Å². The summed E-state index contributed by atoms with van der Waals surface area (Å²) in [6.45, 7) is -1.55. The van der Waals surface area contributed by atoms with E-state index in [4.69, 9.17) is 0 Å². The minimum Gasteiger partial charge on any atom is -0.548 e. The van der Waals surface area contributed by atoms with Crippen LogP contribution in [-0.2, 0) is 36.8 Å². The molecule has 0 unspecified atom stereocenters. The van der Waals surface area contributed by atoms with Gasteiger partial charge in [-0.05, 0) is 0 Å². The molecule has 0 radical (unpaired) electrons. The molecule has 0 bridgehead atoms. The Balaban J connectivity index is 0.000000227. The van der Waals surface area contributed by atoms with Crippen LogP contribution in [0.1, 0.15) is 0 Å². The van der Waals surface area contributed by atoms with Crippen molar-refractivity contribution in [2.75, 3.05) is 0 Å². The van der Waals surface area contributed by atoms with E-state index >= 15 is 0 Å². The molecule has 0 aromatic carbocycles. The molecule has 17 heteroatoms. The number of nitrogens with one attached hydrogen (secondary N) is 2. The quantitative estimate of drug-likeness (QED) is 0.259. The molecule has 0 aliphatic heterocycles. The SMILES string of the molecule is Cn1c(=O)n(CC(=O)[O-])c(=O)c2[nH]cnc21.Cn1c(=O)n(CC(=O)[O-])c(=O)c2[nH]cnc21.[Ca+2]. The van der Waals surface area contributed by atoms with Crippen molar-refractivity contribution >= 4 is 72.0 Å². The van der Waals surface area contributed by atoms with Crippen LogP contribution < -0.4 is 32.7 Å². The summed E-state index contributed by atoms with van der Waals surface area (Å²) in [5.41, 5.74) is -2.39. The monoisotopic (exact) mass is 486 g/mol. The summed E-state index contributed by atoms with van der Waals surface area (Å²) in [4.78, 5) is 80.1. The normalized spacial score (nSPS) is 10.5. The smallest absolute Gasteiger partial charge is 0.548 e. The van der Waals surface area contributed by atoms with Gasteiger partial charge in [0.2, 0.25) is 0 Å². The van der Waals surface area contributed by atoms with Crippen LogP contribution in [-0.4, -0.2) is 87.9 Å². The Morgan fingerprint density at radius 3 is 1.42 bits per heavy atom. The molecule has 4 aromatic heterocycles. The van der Waals surface area contributed by atoms with Gasteiger partial charge in [-0.1, -0.05) is 0 Å². The molecule has 4 rings (SSSR count). The first kappa shape index (κ1) is 25.8. The maximum absolute atomic E-state index is 11.7. The van der Waals surface area contributed by atoms with Crippen molar-refractivity contribution in [1.82, 2.24) is 38.2 Å². The summed E-state index contributed by atoms with van der Waals surface area (Å²) in [7, 11) is 2.80. The second-order valence-corrected chi connectivity index (χ2v) is 6.41. The molecule has 168 valence electrons. The van der Waals surface area contributed by atoms with Crippen LogP contribution in [0.15, 0.2) is 31.8 Å². The molecule has 0 amide bonds. The number of hydrogen-bond acceptors (Lipinski definition) is 10. The van der Waals surface area contributed by atoms with Crippen molar-refractivity contribution < 1.29 is 19.8 Å². The fraction of sp³-hybridized carbons (Fsp3) is 0.250. The number of carboxylic acid groups (broad SMARTS) is 2. The van der Waals surface area contributed by atoms with Crippen molar-refractivity contribution in [3.63, 3.8) is 0 Å². The molecule has 33 heavy (non-hydrogen) atoms. The number of rotatable bonds is 4. The number of carbonyl (C=O) groups excluding carboxylic acids is 2. The molecule has 2 N–H and O–H groups in total. The number of H-pyrrole nitrogens is 2. The first-order valence-corrected chi connectivity index (χ1v) is 8.70. The molecule has 0 fully saturated rings. The molecule has 0 spiro atoms. The number of carboxylic acids is 2. The molecular weight excluding hydrogens is 472 g/mol. The van der Waals surface area contributed by atoms with Gasteiger partial charge in [-0.15, -0.1) is 0 Å². The Kier molecular flexibility index (Phi) is 7.78. The van der Waals surface area contributed by atoms with Gasteiger partial charge in [0.05, 0.1) is 37.7 Å². The number of aliphatic carboxylic acids is 2. The number of imidazole rings is 2. The van der Waals surface area contributed by atoms with Crippen molar-refractivity contribution in [1.29, 1.82) is 0 Å². The largest absolute Gasteiger partial charge is 2.00 e. The van der Waals surface area contributed by atoms with E-state index in [2.05, 4.69) is 19.9 Å². The number of hydrogen-bond donors (Lipinski definition) is 2. The van der Waals surface area contributed by atoms with Gasteiger partial charge in [-0.3, -0.25) is 27.9 Å². The van der Waals surface area contributed by atoms with E-state index < -0.39 is 47.5 Å². The molecule has 16 nitrogen and oxygen atoms in total. The van der Waals surface area contributed by atoms with Gasteiger partial charge in [-0.2, -0.15) is 0 Å². The molecular formula is C16H14CaN8O8. The van der Waals surface area contributed by atoms with Gasteiger partial charge in [0.15, 0.2) is 11.3 Å². The minimum atomic E-state index is -1.50. The van der Waals surface area contributed by atoms with E-state index in [1.54, 1.807) is 0 Å². The van der Waals surface area contributed by atoms with Crippen molar-refractivity contribution in [3.05, 3.63) is 54.3 Å². The van der Waals surface area contributed by atoms with Gasteiger partial charge >= 0.3 is 49.1 Å². The second-order valence-electron chi connectivity index (χ2n) is 6.41. The number of aromatic amines is 2. The van der Waals surface area contributed by atoms with E-state index in [0.717, 1.165) is 9.13 Å². The minimum absolute atomic E-state index is 0. The second kappa shape index (κ2) is 9.97. The average molecular weight is 486 g/mol. The van der Waals surface area contributed by atoms with Crippen LogP contribution in [0.4, 0.5) is 0 Å². The zero-order valence-corrected chi connectivity index (χ0v) is 19.4. The molecule has 0 aliphatic carbocycles.